The Morgan fingerprint density at radius 1 is 1.18 bits per heavy atom. The molecule has 11 heavy (non-hydrogen) atoms. The second-order valence-corrected chi connectivity index (χ2v) is 4.25. The van der Waals surface area contributed by atoms with E-state index in [1.54, 1.807) is 0 Å². The standard InChI is InChI=1S/C9H13NS/c1-9(2,11-10)8-6-4-3-5-7-8/h3-7H,10H2,1-2H3. The maximum atomic E-state index is 5.55. The Balaban J connectivity index is 2.93. The average molecular weight is 167 g/mol. The molecule has 0 aliphatic carbocycles. The van der Waals surface area contributed by atoms with E-state index < -0.39 is 0 Å². The zero-order valence-electron chi connectivity index (χ0n) is 6.87. The van der Waals surface area contributed by atoms with Gasteiger partial charge in [-0.25, -0.2) is 0 Å². The lowest BCUT2D eigenvalue weighted by Crippen LogP contribution is -2.14. The van der Waals surface area contributed by atoms with Crippen molar-refractivity contribution < 1.29 is 0 Å². The van der Waals surface area contributed by atoms with Crippen molar-refractivity contribution in [2.24, 2.45) is 5.14 Å². The van der Waals surface area contributed by atoms with Gasteiger partial charge in [0.2, 0.25) is 0 Å². The summed E-state index contributed by atoms with van der Waals surface area (Å²) in [6, 6.07) is 10.3. The van der Waals surface area contributed by atoms with Crippen LogP contribution in [0.25, 0.3) is 0 Å². The molecule has 0 aliphatic rings. The molecule has 0 atom stereocenters. The summed E-state index contributed by atoms with van der Waals surface area (Å²) in [4.78, 5) is 0. The summed E-state index contributed by atoms with van der Waals surface area (Å²) < 4.78 is 0.0290. The van der Waals surface area contributed by atoms with Crippen molar-refractivity contribution in [2.75, 3.05) is 0 Å². The molecule has 1 nitrogen and oxygen atoms in total. The van der Waals surface area contributed by atoms with Crippen LogP contribution >= 0.6 is 11.9 Å². The van der Waals surface area contributed by atoms with E-state index in [0.29, 0.717) is 0 Å². The molecule has 0 saturated carbocycles. The predicted octanol–water partition coefficient (Wildman–Crippen LogP) is 2.53. The van der Waals surface area contributed by atoms with E-state index in [1.165, 1.54) is 17.5 Å². The lowest BCUT2D eigenvalue weighted by molar-refractivity contribution is 0.783. The molecule has 0 spiro atoms. The molecule has 0 bridgehead atoms. The molecule has 0 radical (unpaired) electrons. The van der Waals surface area contributed by atoms with Crippen LogP contribution in [0.4, 0.5) is 0 Å². The summed E-state index contributed by atoms with van der Waals surface area (Å²) in [7, 11) is 0. The molecule has 1 aromatic rings. The molecule has 1 aromatic carbocycles. The maximum Gasteiger partial charge on any atom is 0.0494 e. The highest BCUT2D eigenvalue weighted by Gasteiger charge is 2.18. The van der Waals surface area contributed by atoms with Gasteiger partial charge in [-0.1, -0.05) is 42.3 Å². The first kappa shape index (κ1) is 8.62. The molecule has 0 fully saturated rings. The fourth-order valence-corrected chi connectivity index (χ4v) is 1.18. The first-order valence-electron chi connectivity index (χ1n) is 3.60. The van der Waals surface area contributed by atoms with Gasteiger partial charge in [-0.2, -0.15) is 0 Å². The first-order valence-corrected chi connectivity index (χ1v) is 4.48. The van der Waals surface area contributed by atoms with Crippen LogP contribution in [-0.4, -0.2) is 0 Å². The Kier molecular flexibility index (Phi) is 2.58. The largest absolute Gasteiger partial charge is 0.277 e. The number of nitrogens with two attached hydrogens (primary N) is 1. The Morgan fingerprint density at radius 2 is 1.73 bits per heavy atom. The van der Waals surface area contributed by atoms with E-state index in [2.05, 4.69) is 26.0 Å². The SMILES string of the molecule is CC(C)(SN)c1ccccc1. The van der Waals surface area contributed by atoms with Crippen molar-refractivity contribution in [1.82, 2.24) is 0 Å². The molecular formula is C9H13NS. The van der Waals surface area contributed by atoms with E-state index in [1.807, 2.05) is 18.2 Å². The average Bonchev–Trinajstić information content (AvgIpc) is 2.06. The van der Waals surface area contributed by atoms with E-state index in [0.717, 1.165) is 0 Å². The molecule has 1 rings (SSSR count). The predicted molar refractivity (Wildman–Crippen MR) is 51.2 cm³/mol. The Labute approximate surface area is 72.1 Å². The van der Waals surface area contributed by atoms with Gasteiger partial charge in [0.25, 0.3) is 0 Å². The highest BCUT2D eigenvalue weighted by atomic mass is 32.2. The summed E-state index contributed by atoms with van der Waals surface area (Å²) in [5.74, 6) is 0. The molecular weight excluding hydrogens is 154 g/mol. The van der Waals surface area contributed by atoms with Gasteiger partial charge in [-0.3, -0.25) is 5.14 Å². The zero-order chi connectivity index (χ0) is 8.32. The van der Waals surface area contributed by atoms with Gasteiger partial charge in [0.05, 0.1) is 0 Å². The quantitative estimate of drug-likeness (QED) is 0.685. The van der Waals surface area contributed by atoms with Crippen LogP contribution in [0.3, 0.4) is 0 Å². The number of rotatable bonds is 2. The van der Waals surface area contributed by atoms with Crippen molar-refractivity contribution in [3.05, 3.63) is 35.9 Å². The Morgan fingerprint density at radius 3 is 2.18 bits per heavy atom. The molecule has 2 N–H and O–H groups in total. The van der Waals surface area contributed by atoms with E-state index in [-0.39, 0.29) is 4.75 Å². The lowest BCUT2D eigenvalue weighted by atomic mass is 10.0. The molecule has 0 amide bonds. The molecule has 0 saturated heterocycles. The fraction of sp³-hybridized carbons (Fsp3) is 0.333. The van der Waals surface area contributed by atoms with E-state index >= 15 is 0 Å². The van der Waals surface area contributed by atoms with Gasteiger partial charge in [-0.15, -0.1) is 0 Å². The van der Waals surface area contributed by atoms with Crippen LogP contribution in [0.15, 0.2) is 30.3 Å². The summed E-state index contributed by atoms with van der Waals surface area (Å²) in [6.45, 7) is 4.24. The normalized spacial score (nSPS) is 11.5. The minimum absolute atomic E-state index is 0.0290. The smallest absolute Gasteiger partial charge is 0.0494 e. The van der Waals surface area contributed by atoms with Crippen molar-refractivity contribution in [3.8, 4) is 0 Å². The van der Waals surface area contributed by atoms with Gasteiger partial charge >= 0.3 is 0 Å². The summed E-state index contributed by atoms with van der Waals surface area (Å²) in [5, 5.41) is 5.55. The van der Waals surface area contributed by atoms with Crippen molar-refractivity contribution in [3.63, 3.8) is 0 Å². The highest BCUT2D eigenvalue weighted by Crippen LogP contribution is 2.30. The van der Waals surface area contributed by atoms with E-state index in [4.69, 9.17) is 5.14 Å². The molecule has 0 aromatic heterocycles. The van der Waals surface area contributed by atoms with Crippen LogP contribution in [-0.2, 0) is 4.75 Å². The molecule has 0 heterocycles. The minimum atomic E-state index is 0.0290. The van der Waals surface area contributed by atoms with Gasteiger partial charge in [0.15, 0.2) is 0 Å². The van der Waals surface area contributed by atoms with E-state index in [9.17, 15) is 0 Å². The lowest BCUT2D eigenvalue weighted by Gasteiger charge is -2.21. The van der Waals surface area contributed by atoms with Crippen molar-refractivity contribution in [1.29, 1.82) is 0 Å². The zero-order valence-corrected chi connectivity index (χ0v) is 7.69. The third kappa shape index (κ3) is 1.98. The number of hydrogen-bond acceptors (Lipinski definition) is 2. The summed E-state index contributed by atoms with van der Waals surface area (Å²) >= 11 is 1.38. The maximum absolute atomic E-state index is 5.55. The van der Waals surface area contributed by atoms with Crippen LogP contribution in [0, 0.1) is 0 Å². The Hall–Kier alpha value is -0.470. The molecule has 0 aliphatic heterocycles. The minimum Gasteiger partial charge on any atom is -0.277 e. The second-order valence-electron chi connectivity index (χ2n) is 2.99. The van der Waals surface area contributed by atoms with Gasteiger partial charge in [0, 0.05) is 4.75 Å². The Bertz CT molecular complexity index is 218. The van der Waals surface area contributed by atoms with Crippen LogP contribution in [0.5, 0.6) is 0 Å². The first-order chi connectivity index (χ1) is 5.17. The third-order valence-electron chi connectivity index (χ3n) is 1.76. The van der Waals surface area contributed by atoms with Crippen LogP contribution in [0.2, 0.25) is 0 Å². The highest BCUT2D eigenvalue weighted by molar-refractivity contribution is 7.98. The monoisotopic (exact) mass is 167 g/mol. The van der Waals surface area contributed by atoms with Gasteiger partial charge < -0.3 is 0 Å². The molecule has 60 valence electrons. The third-order valence-corrected chi connectivity index (χ3v) is 2.59. The summed E-state index contributed by atoms with van der Waals surface area (Å²) in [6.07, 6.45) is 0. The molecule has 2 heteroatoms. The van der Waals surface area contributed by atoms with Crippen molar-refractivity contribution >= 4 is 11.9 Å². The molecule has 0 unspecified atom stereocenters. The van der Waals surface area contributed by atoms with Crippen LogP contribution in [0.1, 0.15) is 19.4 Å². The van der Waals surface area contributed by atoms with Crippen LogP contribution < -0.4 is 5.14 Å². The summed E-state index contributed by atoms with van der Waals surface area (Å²) in [5.41, 5.74) is 1.27. The number of hydrogen-bond donors (Lipinski definition) is 1. The van der Waals surface area contributed by atoms with Gasteiger partial charge in [-0.05, 0) is 19.4 Å². The fourth-order valence-electron chi connectivity index (χ4n) is 0.908. The number of benzene rings is 1. The van der Waals surface area contributed by atoms with Crippen molar-refractivity contribution in [2.45, 2.75) is 18.6 Å². The topological polar surface area (TPSA) is 26.0 Å². The second kappa shape index (κ2) is 3.28. The van der Waals surface area contributed by atoms with Gasteiger partial charge in [0.1, 0.15) is 0 Å².